The van der Waals surface area contributed by atoms with Crippen LogP contribution in [0.3, 0.4) is 0 Å². The van der Waals surface area contributed by atoms with Gasteiger partial charge in [0.1, 0.15) is 18.2 Å². The monoisotopic (exact) mass is 524 g/mol. The second-order valence-corrected chi connectivity index (χ2v) is 9.41. The number of carbonyl (C=O) groups is 2. The summed E-state index contributed by atoms with van der Waals surface area (Å²) in [4.78, 5) is 39.1. The first kappa shape index (κ1) is 24.9. The number of hydrogen-bond donors (Lipinski definition) is 1. The van der Waals surface area contributed by atoms with Gasteiger partial charge in [-0.05, 0) is 37.4 Å². The SMILES string of the molecule is CN1CCN(CCC(=O)Nc2cc(N3CCOc4cnc(-c5cc(Cl)ccc5F)cc43)ccn2)C(=O)C1. The Kier molecular flexibility index (Phi) is 7.20. The Morgan fingerprint density at radius 2 is 2.03 bits per heavy atom. The predicted octanol–water partition coefficient (Wildman–Crippen LogP) is 3.57. The highest BCUT2D eigenvalue weighted by Gasteiger charge is 2.24. The zero-order valence-electron chi connectivity index (χ0n) is 20.3. The molecule has 2 amide bonds. The van der Waals surface area contributed by atoms with E-state index < -0.39 is 5.82 Å². The number of hydrogen-bond acceptors (Lipinski definition) is 7. The number of fused-ring (bicyclic) bond motifs is 1. The molecule has 2 aromatic heterocycles. The van der Waals surface area contributed by atoms with Crippen LogP contribution in [-0.2, 0) is 9.59 Å². The zero-order valence-corrected chi connectivity index (χ0v) is 21.0. The van der Waals surface area contributed by atoms with Crippen molar-refractivity contribution in [1.29, 1.82) is 0 Å². The van der Waals surface area contributed by atoms with Crippen molar-refractivity contribution >= 4 is 40.6 Å². The Balaban J connectivity index is 1.32. The molecule has 1 saturated heterocycles. The van der Waals surface area contributed by atoms with E-state index in [-0.39, 0.29) is 18.2 Å². The van der Waals surface area contributed by atoms with E-state index in [9.17, 15) is 14.0 Å². The standard InChI is InChI=1S/C26H26ClFN6O3/c1-32-8-9-33(26(36)16-32)7-5-25(35)31-24-13-18(4-6-29-24)34-10-11-37-23-15-30-21(14-22(23)34)19-12-17(27)2-3-20(19)28/h2-4,6,12-15H,5,7-11,16H2,1H3,(H,29,31,35). The van der Waals surface area contributed by atoms with Gasteiger partial charge in [-0.1, -0.05) is 11.6 Å². The van der Waals surface area contributed by atoms with Crippen molar-refractivity contribution in [3.63, 3.8) is 0 Å². The molecule has 2 aliphatic heterocycles. The number of rotatable bonds is 6. The normalized spacial score (nSPS) is 15.8. The molecule has 0 saturated carbocycles. The van der Waals surface area contributed by atoms with Crippen molar-refractivity contribution in [1.82, 2.24) is 19.8 Å². The first-order chi connectivity index (χ1) is 17.9. The number of pyridine rings is 2. The molecule has 2 aliphatic rings. The maximum absolute atomic E-state index is 14.5. The molecule has 192 valence electrons. The zero-order chi connectivity index (χ0) is 25.9. The highest BCUT2D eigenvalue weighted by atomic mass is 35.5. The molecule has 37 heavy (non-hydrogen) atoms. The number of aromatic nitrogens is 2. The Hall–Kier alpha value is -3.76. The Morgan fingerprint density at radius 1 is 1.16 bits per heavy atom. The highest BCUT2D eigenvalue weighted by Crippen LogP contribution is 2.39. The summed E-state index contributed by atoms with van der Waals surface area (Å²) >= 11 is 6.08. The second kappa shape index (κ2) is 10.7. The Morgan fingerprint density at radius 3 is 2.86 bits per heavy atom. The van der Waals surface area contributed by atoms with Crippen molar-refractivity contribution in [3.05, 3.63) is 59.6 Å². The largest absolute Gasteiger partial charge is 0.488 e. The smallest absolute Gasteiger partial charge is 0.236 e. The van der Waals surface area contributed by atoms with E-state index in [4.69, 9.17) is 16.3 Å². The molecule has 0 aliphatic carbocycles. The van der Waals surface area contributed by atoms with Gasteiger partial charge < -0.3 is 19.9 Å². The van der Waals surface area contributed by atoms with Gasteiger partial charge in [-0.3, -0.25) is 19.5 Å². The summed E-state index contributed by atoms with van der Waals surface area (Å²) in [5.41, 5.74) is 2.22. The molecule has 0 unspecified atom stereocenters. The van der Waals surface area contributed by atoms with Crippen LogP contribution in [0.4, 0.5) is 21.6 Å². The number of amides is 2. The minimum atomic E-state index is -0.424. The number of nitrogens with zero attached hydrogens (tertiary/aromatic N) is 5. The number of carbonyl (C=O) groups excluding carboxylic acids is 2. The molecule has 3 aromatic rings. The number of nitrogens with one attached hydrogen (secondary N) is 1. The van der Waals surface area contributed by atoms with E-state index in [0.717, 1.165) is 12.2 Å². The minimum Gasteiger partial charge on any atom is -0.488 e. The molecule has 1 fully saturated rings. The van der Waals surface area contributed by atoms with Gasteiger partial charge in [0.2, 0.25) is 11.8 Å². The number of ether oxygens (including phenoxy) is 1. The molecule has 5 rings (SSSR count). The number of anilines is 3. The van der Waals surface area contributed by atoms with Crippen LogP contribution in [0.1, 0.15) is 6.42 Å². The lowest BCUT2D eigenvalue weighted by Crippen LogP contribution is -2.49. The lowest BCUT2D eigenvalue weighted by Gasteiger charge is -2.32. The number of likely N-dealkylation sites (N-methyl/N-ethyl adjacent to an activating group) is 1. The van der Waals surface area contributed by atoms with Crippen molar-refractivity contribution in [3.8, 4) is 17.0 Å². The van der Waals surface area contributed by atoms with Crippen LogP contribution in [0, 0.1) is 5.82 Å². The Labute approximate surface area is 218 Å². The van der Waals surface area contributed by atoms with Crippen LogP contribution in [0.5, 0.6) is 5.75 Å². The number of piperazine rings is 1. The molecule has 0 bridgehead atoms. The predicted molar refractivity (Wildman–Crippen MR) is 139 cm³/mol. The summed E-state index contributed by atoms with van der Waals surface area (Å²) in [6.07, 6.45) is 3.37. The minimum absolute atomic E-state index is 0.0270. The molecule has 4 heterocycles. The second-order valence-electron chi connectivity index (χ2n) is 8.98. The van der Waals surface area contributed by atoms with Crippen molar-refractivity contribution < 1.29 is 18.7 Å². The molecule has 11 heteroatoms. The summed E-state index contributed by atoms with van der Waals surface area (Å²) in [7, 11) is 1.90. The third kappa shape index (κ3) is 5.65. The maximum atomic E-state index is 14.5. The molecule has 0 spiro atoms. The molecular weight excluding hydrogens is 499 g/mol. The lowest BCUT2D eigenvalue weighted by molar-refractivity contribution is -0.135. The van der Waals surface area contributed by atoms with E-state index in [1.54, 1.807) is 29.4 Å². The molecule has 9 nitrogen and oxygen atoms in total. The molecular formula is C26H26ClFN6O3. The molecule has 1 aromatic carbocycles. The first-order valence-electron chi connectivity index (χ1n) is 12.0. The third-order valence-electron chi connectivity index (χ3n) is 6.36. The highest BCUT2D eigenvalue weighted by molar-refractivity contribution is 6.30. The maximum Gasteiger partial charge on any atom is 0.236 e. The summed E-state index contributed by atoms with van der Waals surface area (Å²) in [6.45, 7) is 3.11. The molecule has 0 radical (unpaired) electrons. The van der Waals surface area contributed by atoms with Crippen molar-refractivity contribution in [2.24, 2.45) is 0 Å². The summed E-state index contributed by atoms with van der Waals surface area (Å²) in [5.74, 6) is 0.347. The van der Waals surface area contributed by atoms with E-state index >= 15 is 0 Å². The van der Waals surface area contributed by atoms with Gasteiger partial charge in [-0.2, -0.15) is 0 Å². The van der Waals surface area contributed by atoms with Crippen molar-refractivity contribution in [2.45, 2.75) is 6.42 Å². The quantitative estimate of drug-likeness (QED) is 0.527. The van der Waals surface area contributed by atoms with E-state index in [1.807, 2.05) is 22.9 Å². The average molecular weight is 525 g/mol. The van der Waals surface area contributed by atoms with Gasteiger partial charge in [0, 0.05) is 54.6 Å². The first-order valence-corrected chi connectivity index (χ1v) is 12.3. The average Bonchev–Trinajstić information content (AvgIpc) is 2.89. The van der Waals surface area contributed by atoms with Gasteiger partial charge >= 0.3 is 0 Å². The number of halogens is 2. The molecule has 0 atom stereocenters. The lowest BCUT2D eigenvalue weighted by atomic mass is 10.1. The van der Waals surface area contributed by atoms with Crippen molar-refractivity contribution in [2.75, 3.05) is 56.6 Å². The number of benzene rings is 1. The van der Waals surface area contributed by atoms with Crippen LogP contribution in [0.25, 0.3) is 11.3 Å². The van der Waals surface area contributed by atoms with Gasteiger partial charge in [0.05, 0.1) is 30.7 Å². The van der Waals surface area contributed by atoms with E-state index in [0.29, 0.717) is 66.3 Å². The fraction of sp³-hybridized carbons (Fsp3) is 0.308. The summed E-state index contributed by atoms with van der Waals surface area (Å²) in [6, 6.07) is 9.70. The Bertz CT molecular complexity index is 1340. The van der Waals surface area contributed by atoms with Gasteiger partial charge in [0.15, 0.2) is 5.75 Å². The van der Waals surface area contributed by atoms with Crippen LogP contribution in [0.2, 0.25) is 5.02 Å². The summed E-state index contributed by atoms with van der Waals surface area (Å²) in [5, 5.41) is 3.24. The third-order valence-corrected chi connectivity index (χ3v) is 6.59. The van der Waals surface area contributed by atoms with Crippen LogP contribution >= 0.6 is 11.6 Å². The topological polar surface area (TPSA) is 90.9 Å². The fourth-order valence-electron chi connectivity index (χ4n) is 4.39. The van der Waals surface area contributed by atoms with Crippen LogP contribution in [-0.4, -0.2) is 78.0 Å². The van der Waals surface area contributed by atoms with Gasteiger partial charge in [-0.25, -0.2) is 9.37 Å². The van der Waals surface area contributed by atoms with Crippen LogP contribution in [0.15, 0.2) is 48.8 Å². The van der Waals surface area contributed by atoms with Gasteiger partial charge in [0.25, 0.3) is 0 Å². The van der Waals surface area contributed by atoms with Gasteiger partial charge in [-0.15, -0.1) is 0 Å². The fourth-order valence-corrected chi connectivity index (χ4v) is 4.56. The van der Waals surface area contributed by atoms with E-state index in [2.05, 4.69) is 15.3 Å². The summed E-state index contributed by atoms with van der Waals surface area (Å²) < 4.78 is 20.3. The van der Waals surface area contributed by atoms with E-state index in [1.165, 1.54) is 18.2 Å². The molecule has 1 N–H and O–H groups in total. The van der Waals surface area contributed by atoms with Crippen LogP contribution < -0.4 is 15.0 Å².